The molecular formula is C19H21FO. The summed E-state index contributed by atoms with van der Waals surface area (Å²) in [7, 11) is 0. The number of carbonyl (C=O) groups is 1. The van der Waals surface area contributed by atoms with Gasteiger partial charge in [-0.15, -0.1) is 0 Å². The predicted molar refractivity (Wildman–Crippen MR) is 84.3 cm³/mol. The first-order chi connectivity index (χ1) is 9.85. The quantitative estimate of drug-likeness (QED) is 0.718. The lowest BCUT2D eigenvalue weighted by molar-refractivity contribution is 0.103. The highest BCUT2D eigenvalue weighted by Gasteiger charge is 2.19. The fourth-order valence-corrected chi connectivity index (χ4v) is 2.24. The van der Waals surface area contributed by atoms with Gasteiger partial charge in [-0.2, -0.15) is 0 Å². The van der Waals surface area contributed by atoms with Crippen molar-refractivity contribution in [2.45, 2.75) is 39.5 Å². The second kappa shape index (κ2) is 5.80. The Bertz CT molecular complexity index is 654. The molecule has 2 aromatic carbocycles. The maximum absolute atomic E-state index is 13.9. The molecule has 0 saturated carbocycles. The third-order valence-corrected chi connectivity index (χ3v) is 4.18. The minimum atomic E-state index is -0.460. The molecule has 0 unspecified atom stereocenters. The third kappa shape index (κ3) is 3.21. The number of hydrogen-bond acceptors (Lipinski definition) is 1. The van der Waals surface area contributed by atoms with Crippen LogP contribution in [0, 0.1) is 12.7 Å². The number of ketones is 1. The van der Waals surface area contributed by atoms with Crippen LogP contribution in [0.2, 0.25) is 0 Å². The van der Waals surface area contributed by atoms with Crippen molar-refractivity contribution in [2.24, 2.45) is 0 Å². The number of carbonyl (C=O) groups excluding carboxylic acids is 1. The average Bonchev–Trinajstić information content (AvgIpc) is 2.47. The van der Waals surface area contributed by atoms with E-state index in [1.54, 1.807) is 31.2 Å². The van der Waals surface area contributed by atoms with Gasteiger partial charge in [0.25, 0.3) is 0 Å². The molecule has 0 heterocycles. The molecule has 0 amide bonds. The molecule has 21 heavy (non-hydrogen) atoms. The molecule has 0 fully saturated rings. The SMILES string of the molecule is CCC(C)(C)c1ccc(C(=O)c2ccc(C)cc2F)cc1. The molecule has 0 bridgehead atoms. The van der Waals surface area contributed by atoms with Crippen LogP contribution < -0.4 is 0 Å². The molecule has 2 rings (SSSR count). The first kappa shape index (κ1) is 15.4. The van der Waals surface area contributed by atoms with Crippen LogP contribution in [0.25, 0.3) is 0 Å². The summed E-state index contributed by atoms with van der Waals surface area (Å²) in [6, 6.07) is 12.2. The zero-order valence-electron chi connectivity index (χ0n) is 13.0. The molecule has 1 nitrogen and oxygen atoms in total. The van der Waals surface area contributed by atoms with Crippen LogP contribution >= 0.6 is 0 Å². The van der Waals surface area contributed by atoms with Gasteiger partial charge < -0.3 is 0 Å². The van der Waals surface area contributed by atoms with Crippen LogP contribution in [-0.4, -0.2) is 5.78 Å². The third-order valence-electron chi connectivity index (χ3n) is 4.18. The normalized spacial score (nSPS) is 11.5. The van der Waals surface area contributed by atoms with E-state index in [-0.39, 0.29) is 16.8 Å². The minimum Gasteiger partial charge on any atom is -0.288 e. The zero-order chi connectivity index (χ0) is 15.6. The summed E-state index contributed by atoms with van der Waals surface area (Å²) in [5.41, 5.74) is 2.72. The van der Waals surface area contributed by atoms with E-state index in [9.17, 15) is 9.18 Å². The Morgan fingerprint density at radius 2 is 1.71 bits per heavy atom. The van der Waals surface area contributed by atoms with E-state index >= 15 is 0 Å². The average molecular weight is 284 g/mol. The zero-order valence-corrected chi connectivity index (χ0v) is 13.0. The van der Waals surface area contributed by atoms with E-state index in [2.05, 4.69) is 20.8 Å². The molecule has 0 aliphatic rings. The van der Waals surface area contributed by atoms with Gasteiger partial charge in [0.15, 0.2) is 5.78 Å². The van der Waals surface area contributed by atoms with Gasteiger partial charge in [0.2, 0.25) is 0 Å². The van der Waals surface area contributed by atoms with E-state index in [0.717, 1.165) is 12.0 Å². The molecule has 0 spiro atoms. The van der Waals surface area contributed by atoms with Crippen molar-refractivity contribution in [1.29, 1.82) is 0 Å². The Hall–Kier alpha value is -1.96. The van der Waals surface area contributed by atoms with Gasteiger partial charge in [0, 0.05) is 5.56 Å². The summed E-state index contributed by atoms with van der Waals surface area (Å²) >= 11 is 0. The highest BCUT2D eigenvalue weighted by Crippen LogP contribution is 2.27. The number of hydrogen-bond donors (Lipinski definition) is 0. The lowest BCUT2D eigenvalue weighted by Gasteiger charge is -2.23. The predicted octanol–water partition coefficient (Wildman–Crippen LogP) is 5.05. The molecule has 0 saturated heterocycles. The van der Waals surface area contributed by atoms with Crippen LogP contribution in [0.4, 0.5) is 4.39 Å². The molecule has 0 aliphatic carbocycles. The van der Waals surface area contributed by atoms with Gasteiger partial charge >= 0.3 is 0 Å². The molecule has 2 aromatic rings. The lowest BCUT2D eigenvalue weighted by atomic mass is 9.82. The van der Waals surface area contributed by atoms with Crippen LogP contribution in [-0.2, 0) is 5.41 Å². The van der Waals surface area contributed by atoms with E-state index in [1.807, 2.05) is 12.1 Å². The molecule has 0 atom stereocenters. The van der Waals surface area contributed by atoms with Crippen molar-refractivity contribution in [3.8, 4) is 0 Å². The molecule has 2 heteroatoms. The van der Waals surface area contributed by atoms with E-state index in [1.165, 1.54) is 11.6 Å². The van der Waals surface area contributed by atoms with Crippen molar-refractivity contribution >= 4 is 5.78 Å². The Labute approximate surface area is 125 Å². The van der Waals surface area contributed by atoms with Gasteiger partial charge in [-0.3, -0.25) is 4.79 Å². The first-order valence-electron chi connectivity index (χ1n) is 7.26. The van der Waals surface area contributed by atoms with Crippen molar-refractivity contribution in [3.63, 3.8) is 0 Å². The van der Waals surface area contributed by atoms with E-state index in [4.69, 9.17) is 0 Å². The first-order valence-corrected chi connectivity index (χ1v) is 7.26. The van der Waals surface area contributed by atoms with Crippen molar-refractivity contribution in [3.05, 3.63) is 70.5 Å². The summed E-state index contributed by atoms with van der Waals surface area (Å²) in [5, 5.41) is 0. The fraction of sp³-hybridized carbons (Fsp3) is 0.316. The Kier molecular flexibility index (Phi) is 4.26. The number of aryl methyl sites for hydroxylation is 1. The second-order valence-electron chi connectivity index (χ2n) is 6.13. The van der Waals surface area contributed by atoms with Crippen molar-refractivity contribution < 1.29 is 9.18 Å². The van der Waals surface area contributed by atoms with Crippen LogP contribution in [0.15, 0.2) is 42.5 Å². The van der Waals surface area contributed by atoms with Crippen LogP contribution in [0.5, 0.6) is 0 Å². The van der Waals surface area contributed by atoms with Gasteiger partial charge in [0.05, 0.1) is 5.56 Å². The standard InChI is InChI=1S/C19H21FO/c1-5-19(3,4)15-9-7-14(8-10-15)18(21)16-11-6-13(2)12-17(16)20/h6-12H,5H2,1-4H3. The maximum Gasteiger partial charge on any atom is 0.195 e. The van der Waals surface area contributed by atoms with Crippen molar-refractivity contribution in [2.75, 3.05) is 0 Å². The fourth-order valence-electron chi connectivity index (χ4n) is 2.24. The minimum absolute atomic E-state index is 0.0800. The van der Waals surface area contributed by atoms with E-state index in [0.29, 0.717) is 5.56 Å². The smallest absolute Gasteiger partial charge is 0.195 e. The molecule has 110 valence electrons. The lowest BCUT2D eigenvalue weighted by Crippen LogP contribution is -2.15. The van der Waals surface area contributed by atoms with Gasteiger partial charge in [-0.1, -0.05) is 51.1 Å². The van der Waals surface area contributed by atoms with Crippen molar-refractivity contribution in [1.82, 2.24) is 0 Å². The summed E-state index contributed by atoms with van der Waals surface area (Å²) in [4.78, 5) is 12.4. The topological polar surface area (TPSA) is 17.1 Å². The maximum atomic E-state index is 13.9. The Morgan fingerprint density at radius 1 is 1.10 bits per heavy atom. The highest BCUT2D eigenvalue weighted by molar-refractivity contribution is 6.09. The summed E-state index contributed by atoms with van der Waals surface area (Å²) in [6.07, 6.45) is 1.02. The van der Waals surface area contributed by atoms with E-state index < -0.39 is 5.82 Å². The summed E-state index contributed by atoms with van der Waals surface area (Å²) < 4.78 is 13.9. The highest BCUT2D eigenvalue weighted by atomic mass is 19.1. The van der Waals surface area contributed by atoms with Crippen LogP contribution in [0.1, 0.15) is 54.2 Å². The largest absolute Gasteiger partial charge is 0.288 e. The van der Waals surface area contributed by atoms with Gasteiger partial charge in [0.1, 0.15) is 5.82 Å². The molecule has 0 N–H and O–H groups in total. The number of benzene rings is 2. The summed E-state index contributed by atoms with van der Waals surface area (Å²) in [5.74, 6) is -0.730. The van der Waals surface area contributed by atoms with Gasteiger partial charge in [-0.05, 0) is 42.0 Å². The summed E-state index contributed by atoms with van der Waals surface area (Å²) in [6.45, 7) is 8.28. The van der Waals surface area contributed by atoms with Gasteiger partial charge in [-0.25, -0.2) is 4.39 Å². The monoisotopic (exact) mass is 284 g/mol. The Morgan fingerprint density at radius 3 is 2.24 bits per heavy atom. The number of rotatable bonds is 4. The molecule has 0 aromatic heterocycles. The number of halogens is 1. The molecule has 0 aliphatic heterocycles. The molecule has 0 radical (unpaired) electrons. The molecular weight excluding hydrogens is 263 g/mol. The van der Waals surface area contributed by atoms with Crippen LogP contribution in [0.3, 0.4) is 0 Å². The Balaban J connectivity index is 2.32. The second-order valence-corrected chi connectivity index (χ2v) is 6.13.